The van der Waals surface area contributed by atoms with Gasteiger partial charge in [0.15, 0.2) is 0 Å². The smallest absolute Gasteiger partial charge is 0.233 e. The van der Waals surface area contributed by atoms with E-state index in [2.05, 4.69) is 72.5 Å². The molecule has 3 aromatic rings. The Morgan fingerprint density at radius 2 is 1.78 bits per heavy atom. The van der Waals surface area contributed by atoms with Gasteiger partial charge in [-0.05, 0) is 65.3 Å². The van der Waals surface area contributed by atoms with Crippen LogP contribution in [0.25, 0.3) is 5.57 Å². The van der Waals surface area contributed by atoms with Crippen LogP contribution in [0.3, 0.4) is 0 Å². The molecule has 0 spiro atoms. The maximum absolute atomic E-state index is 13.4. The Morgan fingerprint density at radius 3 is 2.56 bits per heavy atom. The van der Waals surface area contributed by atoms with Crippen molar-refractivity contribution in [2.75, 3.05) is 12.3 Å². The molecule has 2 nitrogen and oxygen atoms in total. The van der Waals surface area contributed by atoms with Gasteiger partial charge in [-0.3, -0.25) is 4.79 Å². The molecule has 4 heteroatoms. The van der Waals surface area contributed by atoms with Crippen molar-refractivity contribution in [1.29, 1.82) is 0 Å². The van der Waals surface area contributed by atoms with Crippen LogP contribution >= 0.6 is 23.4 Å². The van der Waals surface area contributed by atoms with E-state index in [1.807, 2.05) is 12.1 Å². The summed E-state index contributed by atoms with van der Waals surface area (Å²) < 4.78 is 0. The molecule has 1 amide bonds. The van der Waals surface area contributed by atoms with Crippen molar-refractivity contribution in [2.45, 2.75) is 31.6 Å². The summed E-state index contributed by atoms with van der Waals surface area (Å²) in [6.45, 7) is 2.85. The molecule has 1 aliphatic heterocycles. The van der Waals surface area contributed by atoms with Gasteiger partial charge in [0.25, 0.3) is 0 Å². The Kier molecular flexibility index (Phi) is 6.12. The van der Waals surface area contributed by atoms with E-state index in [9.17, 15) is 4.79 Å². The predicted octanol–water partition coefficient (Wildman–Crippen LogP) is 6.87. The summed E-state index contributed by atoms with van der Waals surface area (Å²) in [6.07, 6.45) is 1.84. The number of carbonyl (C=O) groups is 1. The van der Waals surface area contributed by atoms with Gasteiger partial charge in [-0.15, -0.1) is 11.8 Å². The number of carbonyl (C=O) groups excluding carboxylic acids is 1. The zero-order chi connectivity index (χ0) is 22.1. The molecule has 0 saturated heterocycles. The maximum atomic E-state index is 13.4. The first-order chi connectivity index (χ1) is 15.6. The van der Waals surface area contributed by atoms with Crippen molar-refractivity contribution in [3.63, 3.8) is 0 Å². The van der Waals surface area contributed by atoms with Gasteiger partial charge in [0.1, 0.15) is 0 Å². The largest absolute Gasteiger partial charge is 0.331 e. The third-order valence-electron chi connectivity index (χ3n) is 6.48. The third kappa shape index (κ3) is 4.24. The molecule has 5 rings (SSSR count). The molecule has 0 fully saturated rings. The molecule has 0 saturated carbocycles. The van der Waals surface area contributed by atoms with E-state index in [0.717, 1.165) is 35.7 Å². The Morgan fingerprint density at radius 1 is 1.03 bits per heavy atom. The van der Waals surface area contributed by atoms with E-state index >= 15 is 0 Å². The lowest BCUT2D eigenvalue weighted by Gasteiger charge is -2.38. The van der Waals surface area contributed by atoms with Crippen LogP contribution in [0.4, 0.5) is 0 Å². The number of hydrogen-bond donors (Lipinski definition) is 0. The minimum atomic E-state index is -0.0177. The molecule has 1 atom stereocenters. The number of halogens is 1. The van der Waals surface area contributed by atoms with E-state index in [1.165, 1.54) is 33.4 Å². The predicted molar refractivity (Wildman–Crippen MR) is 135 cm³/mol. The van der Waals surface area contributed by atoms with Crippen LogP contribution in [0.15, 0.2) is 78.4 Å². The van der Waals surface area contributed by atoms with Gasteiger partial charge in [-0.1, -0.05) is 77.8 Å². The van der Waals surface area contributed by atoms with Crippen molar-refractivity contribution < 1.29 is 4.79 Å². The molecule has 2 aliphatic rings. The summed E-state index contributed by atoms with van der Waals surface area (Å²) in [6, 6.07) is 25.2. The highest BCUT2D eigenvalue weighted by molar-refractivity contribution is 7.99. The topological polar surface area (TPSA) is 20.3 Å². The normalized spacial score (nSPS) is 17.3. The minimum absolute atomic E-state index is 0.0177. The fourth-order valence-corrected chi connectivity index (χ4v) is 5.88. The summed E-state index contributed by atoms with van der Waals surface area (Å²) in [5.74, 6) is 1.56. The van der Waals surface area contributed by atoms with Gasteiger partial charge >= 0.3 is 0 Å². The SMILES string of the molecule is Cc1ccc(CSCC(=O)N2CCC3=C(Cc4ccccc43)C2c2ccc(Cl)cc2)cc1. The quantitative estimate of drug-likeness (QED) is 0.415. The number of rotatable bonds is 5. The van der Waals surface area contributed by atoms with E-state index < -0.39 is 0 Å². The van der Waals surface area contributed by atoms with Gasteiger partial charge in [0.05, 0.1) is 11.8 Å². The fraction of sp³-hybridized carbons (Fsp3) is 0.250. The zero-order valence-electron chi connectivity index (χ0n) is 18.2. The number of thioether (sulfide) groups is 1. The minimum Gasteiger partial charge on any atom is -0.331 e. The Hall–Kier alpha value is -2.49. The third-order valence-corrected chi connectivity index (χ3v) is 7.72. The second kappa shape index (κ2) is 9.17. The maximum Gasteiger partial charge on any atom is 0.233 e. The highest BCUT2D eigenvalue weighted by Crippen LogP contribution is 2.46. The number of fused-ring (bicyclic) bond motifs is 2. The molecule has 1 unspecified atom stereocenters. The lowest BCUT2D eigenvalue weighted by atomic mass is 9.88. The Balaban J connectivity index is 1.38. The van der Waals surface area contributed by atoms with Crippen LogP contribution in [0, 0.1) is 6.92 Å². The Bertz CT molecular complexity index is 1170. The summed E-state index contributed by atoms with van der Waals surface area (Å²) in [4.78, 5) is 15.5. The summed E-state index contributed by atoms with van der Waals surface area (Å²) in [5.41, 5.74) is 9.20. The molecule has 0 radical (unpaired) electrons. The molecule has 3 aromatic carbocycles. The molecule has 0 N–H and O–H groups in total. The van der Waals surface area contributed by atoms with Crippen molar-refractivity contribution in [3.8, 4) is 0 Å². The zero-order valence-corrected chi connectivity index (χ0v) is 19.8. The lowest BCUT2D eigenvalue weighted by molar-refractivity contribution is -0.130. The number of nitrogens with zero attached hydrogens (tertiary/aromatic N) is 1. The van der Waals surface area contributed by atoms with Crippen molar-refractivity contribution in [1.82, 2.24) is 4.90 Å². The molecular formula is C28H26ClNOS. The van der Waals surface area contributed by atoms with E-state index in [-0.39, 0.29) is 11.9 Å². The van der Waals surface area contributed by atoms with E-state index in [0.29, 0.717) is 5.75 Å². The van der Waals surface area contributed by atoms with Crippen molar-refractivity contribution >= 4 is 34.8 Å². The van der Waals surface area contributed by atoms with Gasteiger partial charge in [-0.2, -0.15) is 0 Å². The number of amides is 1. The van der Waals surface area contributed by atoms with Crippen LogP contribution in [0.2, 0.25) is 5.02 Å². The first-order valence-electron chi connectivity index (χ1n) is 11.1. The summed E-state index contributed by atoms with van der Waals surface area (Å²) in [5, 5.41) is 0.722. The van der Waals surface area contributed by atoms with Gasteiger partial charge in [-0.25, -0.2) is 0 Å². The highest BCUT2D eigenvalue weighted by atomic mass is 35.5. The second-order valence-electron chi connectivity index (χ2n) is 8.61. The number of benzene rings is 3. The molecular weight excluding hydrogens is 434 g/mol. The highest BCUT2D eigenvalue weighted by Gasteiger charge is 2.37. The van der Waals surface area contributed by atoms with Crippen molar-refractivity contribution in [2.24, 2.45) is 0 Å². The first kappa shape index (κ1) is 21.4. The van der Waals surface area contributed by atoms with Crippen LogP contribution in [0.5, 0.6) is 0 Å². The molecule has 0 bridgehead atoms. The molecule has 1 aliphatic carbocycles. The standard InChI is InChI=1S/C28H26ClNOS/c1-19-6-8-20(9-7-19)17-32-18-27(31)30-15-14-25-24-5-3-2-4-22(24)16-26(25)28(30)21-10-12-23(29)13-11-21/h2-13,28H,14-18H2,1H3. The average molecular weight is 460 g/mol. The average Bonchev–Trinajstić information content (AvgIpc) is 3.19. The van der Waals surface area contributed by atoms with E-state index in [4.69, 9.17) is 11.6 Å². The van der Waals surface area contributed by atoms with E-state index in [1.54, 1.807) is 11.8 Å². The van der Waals surface area contributed by atoms with Crippen LogP contribution in [-0.2, 0) is 17.0 Å². The monoisotopic (exact) mass is 459 g/mol. The summed E-state index contributed by atoms with van der Waals surface area (Å²) in [7, 11) is 0. The molecule has 1 heterocycles. The Labute approximate surface area is 199 Å². The first-order valence-corrected chi connectivity index (χ1v) is 12.6. The van der Waals surface area contributed by atoms with Crippen LogP contribution < -0.4 is 0 Å². The van der Waals surface area contributed by atoms with Gasteiger partial charge in [0, 0.05) is 17.3 Å². The lowest BCUT2D eigenvalue weighted by Crippen LogP contribution is -2.40. The summed E-state index contributed by atoms with van der Waals surface area (Å²) >= 11 is 7.87. The fourth-order valence-electron chi connectivity index (χ4n) is 4.88. The number of aryl methyl sites for hydroxylation is 1. The van der Waals surface area contributed by atoms with Crippen molar-refractivity contribution in [3.05, 3.63) is 111 Å². The van der Waals surface area contributed by atoms with Gasteiger partial charge < -0.3 is 4.90 Å². The van der Waals surface area contributed by atoms with Crippen LogP contribution in [-0.4, -0.2) is 23.1 Å². The molecule has 32 heavy (non-hydrogen) atoms. The van der Waals surface area contributed by atoms with Gasteiger partial charge in [0.2, 0.25) is 5.91 Å². The molecule has 0 aromatic heterocycles. The second-order valence-corrected chi connectivity index (χ2v) is 10.0. The van der Waals surface area contributed by atoms with Crippen LogP contribution in [0.1, 0.15) is 40.3 Å². The number of hydrogen-bond acceptors (Lipinski definition) is 2. The molecule has 162 valence electrons.